The van der Waals surface area contributed by atoms with Crippen LogP contribution < -0.4 is 0 Å². The first-order valence-corrected chi connectivity index (χ1v) is 8.08. The third-order valence-electron chi connectivity index (χ3n) is 4.85. The van der Waals surface area contributed by atoms with E-state index in [1.165, 1.54) is 11.0 Å². The lowest BCUT2D eigenvalue weighted by Crippen LogP contribution is -2.34. The van der Waals surface area contributed by atoms with Crippen LogP contribution in [0.1, 0.15) is 43.2 Å². The summed E-state index contributed by atoms with van der Waals surface area (Å²) in [5, 5.41) is 0. The molecule has 2 atom stereocenters. The van der Waals surface area contributed by atoms with E-state index in [0.29, 0.717) is 24.9 Å². The van der Waals surface area contributed by atoms with Gasteiger partial charge >= 0.3 is 12.2 Å². The molecule has 2 saturated heterocycles. The molecule has 1 aromatic carbocycles. The topological polar surface area (TPSA) is 40.6 Å². The number of rotatable bonds is 4. The highest BCUT2D eigenvalue weighted by atomic mass is 19.4. The number of urea groups is 1. The van der Waals surface area contributed by atoms with Crippen molar-refractivity contribution in [1.82, 2.24) is 9.80 Å². The lowest BCUT2D eigenvalue weighted by molar-refractivity contribution is -0.137. The van der Waals surface area contributed by atoms with E-state index in [0.717, 1.165) is 18.6 Å². The van der Waals surface area contributed by atoms with Crippen molar-refractivity contribution in [2.24, 2.45) is 0 Å². The smallest absolute Gasteiger partial charge is 0.312 e. The van der Waals surface area contributed by atoms with Crippen molar-refractivity contribution in [2.75, 3.05) is 13.1 Å². The minimum Gasteiger partial charge on any atom is -0.312 e. The van der Waals surface area contributed by atoms with Crippen molar-refractivity contribution < 1.29 is 22.8 Å². The number of nitrogens with zero attached hydrogens (tertiary/aromatic N) is 2. The summed E-state index contributed by atoms with van der Waals surface area (Å²) >= 11 is 0. The predicted molar refractivity (Wildman–Crippen MR) is 81.3 cm³/mol. The van der Waals surface area contributed by atoms with E-state index in [2.05, 4.69) is 0 Å². The predicted octanol–water partition coefficient (Wildman–Crippen LogP) is 3.63. The molecule has 2 fully saturated rings. The van der Waals surface area contributed by atoms with Crippen LogP contribution in [-0.2, 0) is 11.0 Å². The van der Waals surface area contributed by atoms with Gasteiger partial charge in [-0.1, -0.05) is 25.1 Å². The van der Waals surface area contributed by atoms with Gasteiger partial charge in [0.15, 0.2) is 0 Å². The minimum atomic E-state index is -4.37. The van der Waals surface area contributed by atoms with Crippen LogP contribution in [-0.4, -0.2) is 40.9 Å². The summed E-state index contributed by atoms with van der Waals surface area (Å²) in [4.78, 5) is 27.3. The first-order valence-electron chi connectivity index (χ1n) is 8.08. The van der Waals surface area contributed by atoms with Crippen LogP contribution in [0.2, 0.25) is 0 Å². The average Bonchev–Trinajstić information content (AvgIpc) is 3.10. The summed E-state index contributed by atoms with van der Waals surface area (Å²) in [6.07, 6.45) is -2.39. The Morgan fingerprint density at radius 2 is 2.04 bits per heavy atom. The third-order valence-corrected chi connectivity index (χ3v) is 4.85. The number of alkyl halides is 3. The first kappa shape index (κ1) is 16.8. The zero-order valence-electron chi connectivity index (χ0n) is 13.3. The molecule has 0 saturated carbocycles. The SMILES string of the molecule is C[C@@H](CCN1C(=O)[C@H]2CCCN2C1=O)c1cccc(C(F)(F)F)c1. The van der Waals surface area contributed by atoms with Crippen molar-refractivity contribution >= 4 is 11.9 Å². The molecule has 3 rings (SSSR count). The molecule has 7 heteroatoms. The number of hydrogen-bond acceptors (Lipinski definition) is 2. The third kappa shape index (κ3) is 2.99. The molecule has 0 aromatic heterocycles. The molecule has 1 aromatic rings. The molecule has 130 valence electrons. The van der Waals surface area contributed by atoms with E-state index in [4.69, 9.17) is 0 Å². The van der Waals surface area contributed by atoms with E-state index < -0.39 is 11.7 Å². The summed E-state index contributed by atoms with van der Waals surface area (Å²) in [5.41, 5.74) is -0.120. The molecule has 0 unspecified atom stereocenters. The van der Waals surface area contributed by atoms with E-state index in [-0.39, 0.29) is 30.4 Å². The highest BCUT2D eigenvalue weighted by Gasteiger charge is 2.46. The Kier molecular flexibility index (Phi) is 4.27. The highest BCUT2D eigenvalue weighted by molar-refractivity contribution is 6.04. The van der Waals surface area contributed by atoms with Crippen LogP contribution in [0, 0.1) is 0 Å². The average molecular weight is 340 g/mol. The Balaban J connectivity index is 1.65. The zero-order chi connectivity index (χ0) is 17.5. The Morgan fingerprint density at radius 1 is 1.29 bits per heavy atom. The summed E-state index contributed by atoms with van der Waals surface area (Å²) in [5.74, 6) is -0.350. The number of amides is 3. The summed E-state index contributed by atoms with van der Waals surface area (Å²) in [6.45, 7) is 2.65. The molecule has 0 bridgehead atoms. The Hall–Kier alpha value is -2.05. The lowest BCUT2D eigenvalue weighted by Gasteiger charge is -2.19. The number of carbonyl (C=O) groups is 2. The molecule has 2 aliphatic rings. The number of hydrogen-bond donors (Lipinski definition) is 0. The van der Waals surface area contributed by atoms with Gasteiger partial charge in [0.05, 0.1) is 5.56 Å². The molecular weight excluding hydrogens is 321 g/mol. The van der Waals surface area contributed by atoms with Gasteiger partial charge in [0.2, 0.25) is 0 Å². The molecule has 0 N–H and O–H groups in total. The number of halogens is 3. The molecule has 2 heterocycles. The fourth-order valence-electron chi connectivity index (χ4n) is 3.40. The number of benzene rings is 1. The van der Waals surface area contributed by atoms with Gasteiger partial charge in [-0.25, -0.2) is 4.79 Å². The second kappa shape index (κ2) is 6.11. The van der Waals surface area contributed by atoms with Crippen molar-refractivity contribution in [1.29, 1.82) is 0 Å². The van der Waals surface area contributed by atoms with Crippen molar-refractivity contribution in [2.45, 2.75) is 44.3 Å². The van der Waals surface area contributed by atoms with Crippen molar-refractivity contribution in [3.8, 4) is 0 Å². The molecule has 0 radical (unpaired) electrons. The Morgan fingerprint density at radius 3 is 2.71 bits per heavy atom. The van der Waals surface area contributed by atoms with Gasteiger partial charge in [-0.05, 0) is 36.8 Å². The van der Waals surface area contributed by atoms with E-state index in [1.807, 2.05) is 6.92 Å². The Labute approximate surface area is 138 Å². The zero-order valence-corrected chi connectivity index (χ0v) is 13.3. The summed E-state index contributed by atoms with van der Waals surface area (Å²) in [6, 6.07) is 4.61. The van der Waals surface area contributed by atoms with Gasteiger partial charge in [0.25, 0.3) is 5.91 Å². The highest BCUT2D eigenvalue weighted by Crippen LogP contribution is 2.32. The minimum absolute atomic E-state index is 0.172. The molecule has 3 amide bonds. The standard InChI is InChI=1S/C17H19F3N2O2/c1-11(12-4-2-5-13(10-12)17(18,19)20)7-9-22-15(23)14-6-3-8-21(14)16(22)24/h2,4-5,10-11,14H,3,6-9H2,1H3/t11-,14+/m0/s1. The molecule has 24 heavy (non-hydrogen) atoms. The van der Waals surface area contributed by atoms with Crippen LogP contribution in [0.5, 0.6) is 0 Å². The normalized spacial score (nSPS) is 22.2. The summed E-state index contributed by atoms with van der Waals surface area (Å²) < 4.78 is 38.4. The van der Waals surface area contributed by atoms with Crippen LogP contribution in [0.4, 0.5) is 18.0 Å². The summed E-state index contributed by atoms with van der Waals surface area (Å²) in [7, 11) is 0. The fourth-order valence-corrected chi connectivity index (χ4v) is 3.40. The van der Waals surface area contributed by atoms with Crippen LogP contribution in [0.25, 0.3) is 0 Å². The van der Waals surface area contributed by atoms with Gasteiger partial charge in [0, 0.05) is 13.1 Å². The maximum atomic E-state index is 12.8. The van der Waals surface area contributed by atoms with Crippen molar-refractivity contribution in [3.05, 3.63) is 35.4 Å². The second-order valence-electron chi connectivity index (χ2n) is 6.44. The largest absolute Gasteiger partial charge is 0.416 e. The van der Waals surface area contributed by atoms with Crippen molar-refractivity contribution in [3.63, 3.8) is 0 Å². The maximum absolute atomic E-state index is 12.8. The number of imide groups is 1. The van der Waals surface area contributed by atoms with E-state index in [1.54, 1.807) is 11.0 Å². The molecular formula is C17H19F3N2O2. The van der Waals surface area contributed by atoms with E-state index in [9.17, 15) is 22.8 Å². The van der Waals surface area contributed by atoms with Gasteiger partial charge in [-0.2, -0.15) is 13.2 Å². The van der Waals surface area contributed by atoms with E-state index >= 15 is 0 Å². The molecule has 0 aliphatic carbocycles. The molecule has 4 nitrogen and oxygen atoms in total. The molecule has 0 spiro atoms. The Bertz CT molecular complexity index is 637. The van der Waals surface area contributed by atoms with Crippen LogP contribution >= 0.6 is 0 Å². The molecule has 2 aliphatic heterocycles. The number of fused-ring (bicyclic) bond motifs is 1. The second-order valence-corrected chi connectivity index (χ2v) is 6.44. The van der Waals surface area contributed by atoms with Crippen LogP contribution in [0.15, 0.2) is 24.3 Å². The van der Waals surface area contributed by atoms with Gasteiger partial charge in [-0.15, -0.1) is 0 Å². The lowest BCUT2D eigenvalue weighted by atomic mass is 9.95. The van der Waals surface area contributed by atoms with Gasteiger partial charge in [0.1, 0.15) is 6.04 Å². The fraction of sp³-hybridized carbons (Fsp3) is 0.529. The number of carbonyl (C=O) groups excluding carboxylic acids is 2. The maximum Gasteiger partial charge on any atom is 0.416 e. The monoisotopic (exact) mass is 340 g/mol. The van der Waals surface area contributed by atoms with Gasteiger partial charge < -0.3 is 4.90 Å². The first-order chi connectivity index (χ1) is 11.3. The quantitative estimate of drug-likeness (QED) is 0.786. The van der Waals surface area contributed by atoms with Gasteiger partial charge in [-0.3, -0.25) is 9.69 Å². The van der Waals surface area contributed by atoms with Crippen LogP contribution in [0.3, 0.4) is 0 Å².